The van der Waals surface area contributed by atoms with Gasteiger partial charge in [0.15, 0.2) is 0 Å². The van der Waals surface area contributed by atoms with Crippen LogP contribution in [-0.4, -0.2) is 0 Å². The fraction of sp³-hybridized carbons (Fsp3) is 0. The molecule has 2 heteroatoms. The summed E-state index contributed by atoms with van der Waals surface area (Å²) < 4.78 is 25.3. The molecule has 0 heterocycles. The Balaban J connectivity index is 1.98. The van der Waals surface area contributed by atoms with Gasteiger partial charge >= 0.3 is 0 Å². The van der Waals surface area contributed by atoms with Crippen molar-refractivity contribution >= 4 is 12.2 Å². The molecule has 0 N–H and O–H groups in total. The van der Waals surface area contributed by atoms with Crippen molar-refractivity contribution in [2.45, 2.75) is 0 Å². The minimum absolute atomic E-state index is 0.242. The van der Waals surface area contributed by atoms with E-state index >= 15 is 0 Å². The van der Waals surface area contributed by atoms with Crippen LogP contribution in [-0.2, 0) is 0 Å². The predicted molar refractivity (Wildman–Crippen MR) is 70.9 cm³/mol. The molecule has 0 aliphatic carbocycles. The van der Waals surface area contributed by atoms with E-state index in [0.29, 0.717) is 0 Å². The van der Waals surface area contributed by atoms with Crippen LogP contribution in [0.1, 0.15) is 11.1 Å². The summed E-state index contributed by atoms with van der Waals surface area (Å²) in [5, 5.41) is 0. The van der Waals surface area contributed by atoms with E-state index in [0.717, 1.165) is 11.1 Å². The van der Waals surface area contributed by atoms with Gasteiger partial charge in [0, 0.05) is 0 Å². The Bertz CT molecular complexity index is 495. The van der Waals surface area contributed by atoms with Crippen molar-refractivity contribution in [2.24, 2.45) is 0 Å². The van der Waals surface area contributed by atoms with E-state index in [1.807, 2.05) is 24.3 Å². The van der Waals surface area contributed by atoms with Crippen LogP contribution in [0.4, 0.5) is 8.78 Å². The molecule has 0 aliphatic heterocycles. The van der Waals surface area contributed by atoms with Crippen LogP contribution < -0.4 is 0 Å². The van der Waals surface area contributed by atoms with Crippen LogP contribution >= 0.6 is 0 Å². The molecular weight excluding hydrogens is 230 g/mol. The largest absolute Gasteiger partial charge is 0.207 e. The fourth-order valence-electron chi connectivity index (χ4n) is 1.48. The summed E-state index contributed by atoms with van der Waals surface area (Å²) >= 11 is 0. The summed E-state index contributed by atoms with van der Waals surface area (Å²) in [6.07, 6.45) is 7.46. The van der Waals surface area contributed by atoms with Crippen LogP contribution in [0.2, 0.25) is 0 Å². The monoisotopic (exact) mass is 242 g/mol. The van der Waals surface area contributed by atoms with Crippen molar-refractivity contribution in [2.75, 3.05) is 0 Å². The smallest absolute Gasteiger partial charge is 0.123 e. The van der Waals surface area contributed by atoms with Gasteiger partial charge < -0.3 is 0 Å². The molecule has 0 aliphatic rings. The molecule has 0 nitrogen and oxygen atoms in total. The maximum atomic E-state index is 12.7. The molecule has 0 radical (unpaired) electrons. The number of allylic oxidation sites excluding steroid dienone is 2. The van der Waals surface area contributed by atoms with Crippen LogP contribution in [0.15, 0.2) is 60.7 Å². The normalized spacial score (nSPS) is 11.4. The first-order valence-corrected chi connectivity index (χ1v) is 5.60. The van der Waals surface area contributed by atoms with Crippen molar-refractivity contribution in [3.63, 3.8) is 0 Å². The SMILES string of the molecule is Fc1ccc(/C=C\C=C\c2ccc(F)cc2)cc1. The summed E-state index contributed by atoms with van der Waals surface area (Å²) in [4.78, 5) is 0. The average molecular weight is 242 g/mol. The number of rotatable bonds is 3. The van der Waals surface area contributed by atoms with E-state index in [1.54, 1.807) is 24.3 Å². The van der Waals surface area contributed by atoms with Crippen molar-refractivity contribution in [3.05, 3.63) is 83.4 Å². The lowest BCUT2D eigenvalue weighted by Crippen LogP contribution is -1.74. The van der Waals surface area contributed by atoms with Gasteiger partial charge in [-0.3, -0.25) is 0 Å². The van der Waals surface area contributed by atoms with Crippen molar-refractivity contribution < 1.29 is 8.78 Å². The third kappa shape index (κ3) is 3.67. The van der Waals surface area contributed by atoms with Gasteiger partial charge in [-0.1, -0.05) is 48.6 Å². The van der Waals surface area contributed by atoms with Gasteiger partial charge in [0.2, 0.25) is 0 Å². The molecule has 2 aromatic rings. The molecule has 2 rings (SSSR count). The van der Waals surface area contributed by atoms with Crippen LogP contribution in [0.25, 0.3) is 12.2 Å². The Kier molecular flexibility index (Phi) is 4.02. The second-order valence-corrected chi connectivity index (χ2v) is 3.82. The van der Waals surface area contributed by atoms with Gasteiger partial charge in [-0.25, -0.2) is 8.78 Å². The summed E-state index contributed by atoms with van der Waals surface area (Å²) in [5.74, 6) is -0.483. The topological polar surface area (TPSA) is 0 Å². The second kappa shape index (κ2) is 5.92. The molecule has 0 atom stereocenters. The van der Waals surface area contributed by atoms with Crippen LogP contribution in [0, 0.1) is 11.6 Å². The quantitative estimate of drug-likeness (QED) is 0.685. The Morgan fingerprint density at radius 1 is 0.556 bits per heavy atom. The zero-order chi connectivity index (χ0) is 12.8. The maximum Gasteiger partial charge on any atom is 0.123 e. The molecule has 0 saturated heterocycles. The minimum atomic E-state index is -0.242. The Morgan fingerprint density at radius 2 is 0.889 bits per heavy atom. The number of hydrogen-bond donors (Lipinski definition) is 0. The van der Waals surface area contributed by atoms with Gasteiger partial charge in [0.25, 0.3) is 0 Å². The fourth-order valence-corrected chi connectivity index (χ4v) is 1.48. The number of benzene rings is 2. The molecule has 0 fully saturated rings. The van der Waals surface area contributed by atoms with Gasteiger partial charge in [-0.2, -0.15) is 0 Å². The Morgan fingerprint density at radius 3 is 1.22 bits per heavy atom. The first-order chi connectivity index (χ1) is 8.74. The highest BCUT2D eigenvalue weighted by Crippen LogP contribution is 2.07. The highest BCUT2D eigenvalue weighted by Gasteiger charge is 1.88. The lowest BCUT2D eigenvalue weighted by molar-refractivity contribution is 0.627. The summed E-state index contributed by atoms with van der Waals surface area (Å²) in [6.45, 7) is 0. The van der Waals surface area contributed by atoms with Gasteiger partial charge in [0.1, 0.15) is 11.6 Å². The molecule has 0 bridgehead atoms. The third-order valence-electron chi connectivity index (χ3n) is 2.43. The zero-order valence-electron chi connectivity index (χ0n) is 9.68. The molecule has 90 valence electrons. The van der Waals surface area contributed by atoms with Crippen LogP contribution in [0.3, 0.4) is 0 Å². The van der Waals surface area contributed by atoms with E-state index in [9.17, 15) is 8.78 Å². The van der Waals surface area contributed by atoms with Gasteiger partial charge in [-0.15, -0.1) is 0 Å². The summed E-state index contributed by atoms with van der Waals surface area (Å²) in [6, 6.07) is 12.5. The number of hydrogen-bond acceptors (Lipinski definition) is 0. The van der Waals surface area contributed by atoms with Gasteiger partial charge in [0.05, 0.1) is 0 Å². The van der Waals surface area contributed by atoms with E-state index in [4.69, 9.17) is 0 Å². The number of halogens is 2. The van der Waals surface area contributed by atoms with Crippen molar-refractivity contribution in [1.82, 2.24) is 0 Å². The first kappa shape index (κ1) is 12.2. The molecule has 2 aromatic carbocycles. The van der Waals surface area contributed by atoms with E-state index < -0.39 is 0 Å². The highest BCUT2D eigenvalue weighted by atomic mass is 19.1. The molecule has 0 unspecified atom stereocenters. The highest BCUT2D eigenvalue weighted by molar-refractivity contribution is 5.56. The Labute approximate surface area is 105 Å². The standard InChI is InChI=1S/C16H12F2/c17-15-9-5-13(6-10-15)3-1-2-4-14-7-11-16(18)12-8-14/h1-12H/b3-1-,4-2+. The zero-order valence-corrected chi connectivity index (χ0v) is 9.68. The molecule has 0 amide bonds. The molecule has 0 spiro atoms. The first-order valence-electron chi connectivity index (χ1n) is 5.60. The predicted octanol–water partition coefficient (Wildman–Crippen LogP) is 4.69. The Hall–Kier alpha value is -2.22. The van der Waals surface area contributed by atoms with E-state index in [-0.39, 0.29) is 11.6 Å². The van der Waals surface area contributed by atoms with Crippen LogP contribution in [0.5, 0.6) is 0 Å². The second-order valence-electron chi connectivity index (χ2n) is 3.82. The molecule has 0 saturated carbocycles. The van der Waals surface area contributed by atoms with E-state index in [2.05, 4.69) is 0 Å². The lowest BCUT2D eigenvalue weighted by atomic mass is 10.2. The molecule has 18 heavy (non-hydrogen) atoms. The van der Waals surface area contributed by atoms with Crippen molar-refractivity contribution in [1.29, 1.82) is 0 Å². The summed E-state index contributed by atoms with van der Waals surface area (Å²) in [7, 11) is 0. The summed E-state index contributed by atoms with van der Waals surface area (Å²) in [5.41, 5.74) is 1.86. The average Bonchev–Trinajstić information content (AvgIpc) is 2.39. The third-order valence-corrected chi connectivity index (χ3v) is 2.43. The maximum absolute atomic E-state index is 12.7. The minimum Gasteiger partial charge on any atom is -0.207 e. The van der Waals surface area contributed by atoms with Crippen molar-refractivity contribution in [3.8, 4) is 0 Å². The lowest BCUT2D eigenvalue weighted by Gasteiger charge is -1.92. The van der Waals surface area contributed by atoms with E-state index in [1.165, 1.54) is 24.3 Å². The van der Waals surface area contributed by atoms with Gasteiger partial charge in [-0.05, 0) is 35.4 Å². The molecular formula is C16H12F2. The molecule has 0 aromatic heterocycles.